The molecule has 35 heavy (non-hydrogen) atoms. The summed E-state index contributed by atoms with van der Waals surface area (Å²) < 4.78 is 0. The van der Waals surface area contributed by atoms with E-state index in [0.717, 1.165) is 35.6 Å². The molecule has 0 atom stereocenters. The molecule has 7 heteroatoms. The van der Waals surface area contributed by atoms with Gasteiger partial charge in [0.2, 0.25) is 5.91 Å². The summed E-state index contributed by atoms with van der Waals surface area (Å²) >= 11 is 5.44. The van der Waals surface area contributed by atoms with Gasteiger partial charge in [-0.2, -0.15) is 0 Å². The van der Waals surface area contributed by atoms with Gasteiger partial charge in [0, 0.05) is 37.7 Å². The van der Waals surface area contributed by atoms with Crippen LogP contribution >= 0.6 is 12.2 Å². The Bertz CT molecular complexity index is 1190. The molecule has 2 amide bonds. The van der Waals surface area contributed by atoms with Crippen molar-refractivity contribution in [1.82, 2.24) is 10.2 Å². The summed E-state index contributed by atoms with van der Waals surface area (Å²) in [7, 11) is 0. The first-order chi connectivity index (χ1) is 16.9. The van der Waals surface area contributed by atoms with E-state index in [4.69, 9.17) is 12.2 Å². The number of carbonyl (C=O) groups excluding carboxylic acids is 2. The smallest absolute Gasteiger partial charge is 0.257 e. The molecule has 0 unspecified atom stereocenters. The van der Waals surface area contributed by atoms with E-state index in [1.165, 1.54) is 0 Å². The molecule has 0 aliphatic carbocycles. The van der Waals surface area contributed by atoms with Gasteiger partial charge in [-0.1, -0.05) is 68.4 Å². The summed E-state index contributed by atoms with van der Waals surface area (Å²) in [5.74, 6) is -0.0665. The molecule has 3 aromatic rings. The second-order valence-corrected chi connectivity index (χ2v) is 9.24. The molecule has 4 rings (SSSR count). The maximum absolute atomic E-state index is 12.7. The lowest BCUT2D eigenvalue weighted by molar-refractivity contribution is -0.134. The Morgan fingerprint density at radius 3 is 2.06 bits per heavy atom. The molecule has 0 aromatic heterocycles. The van der Waals surface area contributed by atoms with Crippen LogP contribution in [0.2, 0.25) is 0 Å². The van der Waals surface area contributed by atoms with E-state index in [2.05, 4.69) is 15.5 Å². The van der Waals surface area contributed by atoms with Gasteiger partial charge in [-0.25, -0.2) is 0 Å². The van der Waals surface area contributed by atoms with Crippen LogP contribution < -0.4 is 15.5 Å². The maximum Gasteiger partial charge on any atom is 0.257 e. The standard InChI is InChI=1S/C28H30N4O2S/c1-20(2)27(34)32-18-16-31(17-19-32)25-11-7-6-10-24(25)29-28(35)30-26(33)23-14-12-22(13-15-23)21-8-4-3-5-9-21/h3-15,20H,16-19H2,1-2H3,(H2,29,30,33,35). The predicted octanol–water partition coefficient (Wildman–Crippen LogP) is 4.79. The summed E-state index contributed by atoms with van der Waals surface area (Å²) in [6.07, 6.45) is 0. The lowest BCUT2D eigenvalue weighted by atomic mass is 10.0. The third-order valence-electron chi connectivity index (χ3n) is 6.06. The van der Waals surface area contributed by atoms with Crippen LogP contribution in [0.15, 0.2) is 78.9 Å². The molecule has 0 bridgehead atoms. The Kier molecular flexibility index (Phi) is 7.77. The number of rotatable bonds is 5. The van der Waals surface area contributed by atoms with Crippen molar-refractivity contribution < 1.29 is 9.59 Å². The molecular weight excluding hydrogens is 456 g/mol. The number of piperazine rings is 1. The van der Waals surface area contributed by atoms with Crippen molar-refractivity contribution in [2.75, 3.05) is 36.4 Å². The van der Waals surface area contributed by atoms with Crippen molar-refractivity contribution in [3.8, 4) is 11.1 Å². The Morgan fingerprint density at radius 2 is 1.40 bits per heavy atom. The summed E-state index contributed by atoms with van der Waals surface area (Å²) in [6.45, 7) is 6.71. The van der Waals surface area contributed by atoms with Gasteiger partial charge < -0.3 is 15.1 Å². The van der Waals surface area contributed by atoms with Gasteiger partial charge in [0.15, 0.2) is 5.11 Å². The van der Waals surface area contributed by atoms with Gasteiger partial charge in [-0.3, -0.25) is 14.9 Å². The van der Waals surface area contributed by atoms with Gasteiger partial charge in [0.25, 0.3) is 5.91 Å². The number of nitrogens with one attached hydrogen (secondary N) is 2. The molecule has 0 spiro atoms. The molecular formula is C28H30N4O2S. The first-order valence-electron chi connectivity index (χ1n) is 11.8. The molecule has 180 valence electrons. The Morgan fingerprint density at radius 1 is 0.800 bits per heavy atom. The summed E-state index contributed by atoms with van der Waals surface area (Å²) in [5, 5.41) is 6.19. The van der Waals surface area contributed by atoms with Crippen LogP contribution in [-0.4, -0.2) is 48.0 Å². The topological polar surface area (TPSA) is 64.7 Å². The van der Waals surface area contributed by atoms with Gasteiger partial charge in [0.05, 0.1) is 11.4 Å². The Hall–Kier alpha value is -3.71. The monoisotopic (exact) mass is 486 g/mol. The van der Waals surface area contributed by atoms with Crippen molar-refractivity contribution in [2.45, 2.75) is 13.8 Å². The highest BCUT2D eigenvalue weighted by Crippen LogP contribution is 2.27. The highest BCUT2D eigenvalue weighted by Gasteiger charge is 2.24. The highest BCUT2D eigenvalue weighted by molar-refractivity contribution is 7.80. The quantitative estimate of drug-likeness (QED) is 0.508. The van der Waals surface area contributed by atoms with Crippen LogP contribution in [0, 0.1) is 5.92 Å². The normalized spacial score (nSPS) is 13.5. The van der Waals surface area contributed by atoms with Gasteiger partial charge in [-0.05, 0) is 47.6 Å². The number of hydrogen-bond acceptors (Lipinski definition) is 4. The molecule has 2 N–H and O–H groups in total. The molecule has 3 aromatic carbocycles. The Labute approximate surface area is 211 Å². The van der Waals surface area contributed by atoms with Crippen LogP contribution in [0.3, 0.4) is 0 Å². The number of thiocarbonyl (C=S) groups is 1. The third kappa shape index (κ3) is 6.05. The van der Waals surface area contributed by atoms with E-state index in [0.29, 0.717) is 18.7 Å². The van der Waals surface area contributed by atoms with Gasteiger partial charge in [-0.15, -0.1) is 0 Å². The minimum absolute atomic E-state index is 0.00558. The molecule has 1 fully saturated rings. The van der Waals surface area contributed by atoms with Crippen molar-refractivity contribution in [2.24, 2.45) is 5.92 Å². The zero-order chi connectivity index (χ0) is 24.8. The van der Waals surface area contributed by atoms with E-state index in [-0.39, 0.29) is 22.8 Å². The van der Waals surface area contributed by atoms with Crippen molar-refractivity contribution in [3.05, 3.63) is 84.4 Å². The van der Waals surface area contributed by atoms with Gasteiger partial charge in [0.1, 0.15) is 0 Å². The minimum Gasteiger partial charge on any atom is -0.366 e. The highest BCUT2D eigenvalue weighted by atomic mass is 32.1. The second kappa shape index (κ2) is 11.1. The summed E-state index contributed by atoms with van der Waals surface area (Å²) in [4.78, 5) is 29.2. The van der Waals surface area contributed by atoms with Crippen LogP contribution in [0.1, 0.15) is 24.2 Å². The fourth-order valence-corrected chi connectivity index (χ4v) is 4.36. The number of carbonyl (C=O) groups is 2. The SMILES string of the molecule is CC(C)C(=O)N1CCN(c2ccccc2NC(=S)NC(=O)c2ccc(-c3ccccc3)cc2)CC1. The number of para-hydroxylation sites is 2. The van der Waals surface area contributed by atoms with Crippen molar-refractivity contribution >= 4 is 40.5 Å². The average molecular weight is 487 g/mol. The molecule has 1 saturated heterocycles. The second-order valence-electron chi connectivity index (χ2n) is 8.84. The predicted molar refractivity (Wildman–Crippen MR) is 146 cm³/mol. The van der Waals surface area contributed by atoms with Crippen LogP contribution in [-0.2, 0) is 4.79 Å². The first-order valence-corrected chi connectivity index (χ1v) is 12.2. The van der Waals surface area contributed by atoms with E-state index in [1.807, 2.05) is 85.5 Å². The molecule has 1 aliphatic heterocycles. The first kappa shape index (κ1) is 24.4. The minimum atomic E-state index is -0.264. The molecule has 6 nitrogen and oxygen atoms in total. The van der Waals surface area contributed by atoms with E-state index < -0.39 is 0 Å². The number of benzene rings is 3. The number of nitrogens with zero attached hydrogens (tertiary/aromatic N) is 2. The van der Waals surface area contributed by atoms with Gasteiger partial charge >= 0.3 is 0 Å². The third-order valence-corrected chi connectivity index (χ3v) is 6.26. The maximum atomic E-state index is 12.7. The van der Waals surface area contributed by atoms with Crippen molar-refractivity contribution in [3.63, 3.8) is 0 Å². The fourth-order valence-electron chi connectivity index (χ4n) is 4.16. The summed E-state index contributed by atoms with van der Waals surface area (Å²) in [5.41, 5.74) is 4.50. The van der Waals surface area contributed by atoms with Crippen LogP contribution in [0.4, 0.5) is 11.4 Å². The number of amides is 2. The van der Waals surface area contributed by atoms with Crippen molar-refractivity contribution in [1.29, 1.82) is 0 Å². The number of anilines is 2. The van der Waals surface area contributed by atoms with E-state index >= 15 is 0 Å². The Balaban J connectivity index is 1.37. The molecule has 1 aliphatic rings. The zero-order valence-corrected chi connectivity index (χ0v) is 20.8. The molecule has 1 heterocycles. The van der Waals surface area contributed by atoms with E-state index in [9.17, 15) is 9.59 Å². The lowest BCUT2D eigenvalue weighted by Crippen LogP contribution is -2.50. The lowest BCUT2D eigenvalue weighted by Gasteiger charge is -2.37. The summed E-state index contributed by atoms with van der Waals surface area (Å²) in [6, 6.07) is 25.3. The van der Waals surface area contributed by atoms with Crippen LogP contribution in [0.5, 0.6) is 0 Å². The fraction of sp³-hybridized carbons (Fsp3) is 0.250. The average Bonchev–Trinajstić information content (AvgIpc) is 2.89. The molecule has 0 saturated carbocycles. The van der Waals surface area contributed by atoms with E-state index in [1.54, 1.807) is 12.1 Å². The molecule has 0 radical (unpaired) electrons. The largest absolute Gasteiger partial charge is 0.366 e. The number of hydrogen-bond donors (Lipinski definition) is 2. The zero-order valence-electron chi connectivity index (χ0n) is 20.0. The van der Waals surface area contributed by atoms with Crippen LogP contribution in [0.25, 0.3) is 11.1 Å².